The standard InChI is InChI=1S/C17H28N4O4/c1-13(2)16-18-14(25-19-16)3-4-15(22)21-6-5-17(23,12-21)11-20-7-9-24-10-8-20/h13,23H,3-12H2,1-2H3/t17-/m1/s1. The zero-order chi connectivity index (χ0) is 17.9. The highest BCUT2D eigenvalue weighted by Gasteiger charge is 2.39. The van der Waals surface area contributed by atoms with Crippen LogP contribution in [0.15, 0.2) is 4.52 Å². The minimum atomic E-state index is -0.817. The van der Waals surface area contributed by atoms with Gasteiger partial charge in [0.15, 0.2) is 5.82 Å². The summed E-state index contributed by atoms with van der Waals surface area (Å²) in [5.41, 5.74) is -0.817. The maximum atomic E-state index is 12.4. The van der Waals surface area contributed by atoms with Crippen LogP contribution < -0.4 is 0 Å². The predicted molar refractivity (Wildman–Crippen MR) is 90.1 cm³/mol. The zero-order valence-electron chi connectivity index (χ0n) is 15.1. The van der Waals surface area contributed by atoms with Crippen molar-refractivity contribution in [2.75, 3.05) is 45.9 Å². The summed E-state index contributed by atoms with van der Waals surface area (Å²) in [6.07, 6.45) is 1.39. The number of aryl methyl sites for hydroxylation is 1. The Bertz CT molecular complexity index is 585. The summed E-state index contributed by atoms with van der Waals surface area (Å²) in [4.78, 5) is 20.7. The van der Waals surface area contributed by atoms with Gasteiger partial charge >= 0.3 is 0 Å². The van der Waals surface area contributed by atoms with Crippen molar-refractivity contribution in [1.82, 2.24) is 19.9 Å². The number of likely N-dealkylation sites (tertiary alicyclic amines) is 1. The van der Waals surface area contributed by atoms with E-state index >= 15 is 0 Å². The molecule has 0 bridgehead atoms. The van der Waals surface area contributed by atoms with Crippen LogP contribution in [0, 0.1) is 0 Å². The average Bonchev–Trinajstić information content (AvgIpc) is 3.21. The molecule has 1 aromatic heterocycles. The first kappa shape index (κ1) is 18.3. The third-order valence-corrected chi connectivity index (χ3v) is 4.86. The minimum absolute atomic E-state index is 0.0298. The summed E-state index contributed by atoms with van der Waals surface area (Å²) in [5.74, 6) is 1.41. The molecule has 2 fully saturated rings. The highest BCUT2D eigenvalue weighted by atomic mass is 16.5. The Morgan fingerprint density at radius 3 is 2.76 bits per heavy atom. The lowest BCUT2D eigenvalue weighted by molar-refractivity contribution is -0.131. The quantitative estimate of drug-likeness (QED) is 0.793. The van der Waals surface area contributed by atoms with E-state index in [0.717, 1.165) is 13.1 Å². The molecule has 0 radical (unpaired) electrons. The summed E-state index contributed by atoms with van der Waals surface area (Å²) in [7, 11) is 0. The van der Waals surface area contributed by atoms with Gasteiger partial charge in [0.1, 0.15) is 0 Å². The molecule has 1 amide bonds. The molecule has 3 rings (SSSR count). The number of carbonyl (C=O) groups excluding carboxylic acids is 1. The lowest BCUT2D eigenvalue weighted by Gasteiger charge is -2.33. The van der Waals surface area contributed by atoms with E-state index in [1.165, 1.54) is 0 Å². The number of aromatic nitrogens is 2. The molecule has 0 aliphatic carbocycles. The van der Waals surface area contributed by atoms with Crippen molar-refractivity contribution in [3.63, 3.8) is 0 Å². The highest BCUT2D eigenvalue weighted by Crippen LogP contribution is 2.24. The summed E-state index contributed by atoms with van der Waals surface area (Å²) >= 11 is 0. The van der Waals surface area contributed by atoms with Crippen LogP contribution in [0.5, 0.6) is 0 Å². The van der Waals surface area contributed by atoms with Gasteiger partial charge in [0, 0.05) is 44.9 Å². The molecule has 1 atom stereocenters. The SMILES string of the molecule is CC(C)c1noc(CCC(=O)N2CC[C@@](O)(CN3CCOCC3)C2)n1. The number of rotatable bonds is 6. The number of amides is 1. The third-order valence-electron chi connectivity index (χ3n) is 4.86. The zero-order valence-corrected chi connectivity index (χ0v) is 15.1. The van der Waals surface area contributed by atoms with Crippen molar-refractivity contribution in [2.45, 2.75) is 44.6 Å². The van der Waals surface area contributed by atoms with Crippen LogP contribution in [0.4, 0.5) is 0 Å². The maximum absolute atomic E-state index is 12.4. The average molecular weight is 352 g/mol. The molecular formula is C17H28N4O4. The van der Waals surface area contributed by atoms with Crippen molar-refractivity contribution in [3.8, 4) is 0 Å². The second kappa shape index (κ2) is 7.80. The molecule has 1 N–H and O–H groups in total. The predicted octanol–water partition coefficient (Wildman–Crippen LogP) is 0.421. The fraction of sp³-hybridized carbons (Fsp3) is 0.824. The van der Waals surface area contributed by atoms with Crippen LogP contribution in [0.3, 0.4) is 0 Å². The molecule has 2 aliphatic heterocycles. The van der Waals surface area contributed by atoms with E-state index in [0.29, 0.717) is 63.8 Å². The normalized spacial score (nSPS) is 25.0. The number of aliphatic hydroxyl groups is 1. The molecule has 0 saturated carbocycles. The number of hydrogen-bond acceptors (Lipinski definition) is 7. The van der Waals surface area contributed by atoms with Crippen LogP contribution in [0.2, 0.25) is 0 Å². The van der Waals surface area contributed by atoms with Gasteiger partial charge < -0.3 is 19.3 Å². The van der Waals surface area contributed by atoms with Crippen LogP contribution >= 0.6 is 0 Å². The van der Waals surface area contributed by atoms with Gasteiger partial charge in [-0.3, -0.25) is 9.69 Å². The van der Waals surface area contributed by atoms with Crippen molar-refractivity contribution in [3.05, 3.63) is 11.7 Å². The molecule has 140 valence electrons. The number of morpholine rings is 1. The largest absolute Gasteiger partial charge is 0.387 e. The van der Waals surface area contributed by atoms with E-state index < -0.39 is 5.60 Å². The van der Waals surface area contributed by atoms with E-state index in [4.69, 9.17) is 9.26 Å². The number of nitrogens with zero attached hydrogens (tertiary/aromatic N) is 4. The highest BCUT2D eigenvalue weighted by molar-refractivity contribution is 5.76. The maximum Gasteiger partial charge on any atom is 0.227 e. The molecule has 1 aromatic rings. The molecule has 8 heteroatoms. The fourth-order valence-corrected chi connectivity index (χ4v) is 3.35. The van der Waals surface area contributed by atoms with Gasteiger partial charge in [-0.25, -0.2) is 0 Å². The van der Waals surface area contributed by atoms with E-state index in [9.17, 15) is 9.90 Å². The number of hydrogen-bond donors (Lipinski definition) is 1. The molecule has 0 aromatic carbocycles. The molecule has 0 unspecified atom stereocenters. The monoisotopic (exact) mass is 352 g/mol. The Morgan fingerprint density at radius 1 is 1.32 bits per heavy atom. The Hall–Kier alpha value is -1.51. The first-order valence-corrected chi connectivity index (χ1v) is 9.08. The van der Waals surface area contributed by atoms with E-state index in [2.05, 4.69) is 15.0 Å². The minimum Gasteiger partial charge on any atom is -0.387 e. The first-order valence-electron chi connectivity index (χ1n) is 9.08. The molecule has 8 nitrogen and oxygen atoms in total. The van der Waals surface area contributed by atoms with Crippen molar-refractivity contribution in [1.29, 1.82) is 0 Å². The second-order valence-corrected chi connectivity index (χ2v) is 7.38. The van der Waals surface area contributed by atoms with Crippen LogP contribution in [0.25, 0.3) is 0 Å². The van der Waals surface area contributed by atoms with Crippen LogP contribution in [0.1, 0.15) is 44.3 Å². The van der Waals surface area contributed by atoms with Crippen molar-refractivity contribution >= 4 is 5.91 Å². The van der Waals surface area contributed by atoms with Gasteiger partial charge in [-0.1, -0.05) is 19.0 Å². The van der Waals surface area contributed by atoms with Crippen molar-refractivity contribution < 1.29 is 19.2 Å². The Kier molecular flexibility index (Phi) is 5.71. The first-order chi connectivity index (χ1) is 12.0. The molecule has 2 aliphatic rings. The third kappa shape index (κ3) is 4.77. The van der Waals surface area contributed by atoms with Gasteiger partial charge in [-0.2, -0.15) is 4.98 Å². The number of carbonyl (C=O) groups is 1. The summed E-state index contributed by atoms with van der Waals surface area (Å²) in [6.45, 7) is 8.69. The lowest BCUT2D eigenvalue weighted by Crippen LogP contribution is -2.49. The van der Waals surface area contributed by atoms with Gasteiger partial charge in [-0.05, 0) is 6.42 Å². The van der Waals surface area contributed by atoms with Crippen LogP contribution in [-0.2, 0) is 16.0 Å². The lowest BCUT2D eigenvalue weighted by atomic mass is 10.0. The van der Waals surface area contributed by atoms with Gasteiger partial charge in [-0.15, -0.1) is 0 Å². The van der Waals surface area contributed by atoms with Crippen molar-refractivity contribution in [2.24, 2.45) is 0 Å². The Morgan fingerprint density at radius 2 is 2.08 bits per heavy atom. The number of β-amino-alcohol motifs (C(OH)–C–C–N with tert-alkyl or cyclic N) is 1. The molecular weight excluding hydrogens is 324 g/mol. The fourth-order valence-electron chi connectivity index (χ4n) is 3.35. The summed E-state index contributed by atoms with van der Waals surface area (Å²) in [5, 5.41) is 14.7. The van der Waals surface area contributed by atoms with E-state index in [-0.39, 0.29) is 11.8 Å². The molecule has 3 heterocycles. The van der Waals surface area contributed by atoms with Gasteiger partial charge in [0.25, 0.3) is 0 Å². The van der Waals surface area contributed by atoms with Gasteiger partial charge in [0.05, 0.1) is 25.4 Å². The van der Waals surface area contributed by atoms with E-state index in [1.807, 2.05) is 13.8 Å². The summed E-state index contributed by atoms with van der Waals surface area (Å²) in [6, 6.07) is 0. The molecule has 2 saturated heterocycles. The smallest absolute Gasteiger partial charge is 0.227 e. The molecule has 0 spiro atoms. The second-order valence-electron chi connectivity index (χ2n) is 7.38. The Labute approximate surface area is 148 Å². The van der Waals surface area contributed by atoms with Gasteiger partial charge in [0.2, 0.25) is 11.8 Å². The van der Waals surface area contributed by atoms with Crippen LogP contribution in [-0.4, -0.2) is 82.5 Å². The Balaban J connectivity index is 1.46. The number of ether oxygens (including phenoxy) is 1. The molecule has 25 heavy (non-hydrogen) atoms. The van der Waals surface area contributed by atoms with E-state index in [1.54, 1.807) is 4.90 Å². The topological polar surface area (TPSA) is 91.9 Å². The summed E-state index contributed by atoms with van der Waals surface area (Å²) < 4.78 is 10.5.